The minimum atomic E-state index is -0.619. The lowest BCUT2D eigenvalue weighted by molar-refractivity contribution is -0.383. The second-order valence-electron chi connectivity index (χ2n) is 4.77. The number of carbonyl (C=O) groups is 1. The van der Waals surface area contributed by atoms with E-state index in [1.165, 1.54) is 25.3 Å². The number of ether oxygens (including phenoxy) is 1. The van der Waals surface area contributed by atoms with Crippen molar-refractivity contribution < 1.29 is 14.5 Å². The van der Waals surface area contributed by atoms with Gasteiger partial charge in [0.15, 0.2) is 0 Å². The number of nitro groups is 1. The van der Waals surface area contributed by atoms with Gasteiger partial charge >= 0.3 is 0 Å². The SMILES string of the molecule is COCC(C)(C)NC(=O)c1cccc([N+](=O)[O-])c1N. The van der Waals surface area contributed by atoms with E-state index in [4.69, 9.17) is 10.5 Å². The molecule has 1 aromatic rings. The molecule has 1 rings (SSSR count). The van der Waals surface area contributed by atoms with Gasteiger partial charge in [-0.2, -0.15) is 0 Å². The van der Waals surface area contributed by atoms with Gasteiger partial charge in [0, 0.05) is 13.2 Å². The topological polar surface area (TPSA) is 107 Å². The summed E-state index contributed by atoms with van der Waals surface area (Å²) in [5.41, 5.74) is 4.71. The molecule has 19 heavy (non-hydrogen) atoms. The van der Waals surface area contributed by atoms with Crippen LogP contribution in [-0.2, 0) is 4.74 Å². The number of nitrogens with two attached hydrogens (primary N) is 1. The molecule has 0 atom stereocenters. The molecule has 1 amide bonds. The van der Waals surface area contributed by atoms with E-state index in [1.54, 1.807) is 13.8 Å². The summed E-state index contributed by atoms with van der Waals surface area (Å²) in [7, 11) is 1.52. The third-order valence-electron chi connectivity index (χ3n) is 2.48. The van der Waals surface area contributed by atoms with Crippen LogP contribution < -0.4 is 11.1 Å². The van der Waals surface area contributed by atoms with E-state index in [0.717, 1.165) is 0 Å². The monoisotopic (exact) mass is 267 g/mol. The summed E-state index contributed by atoms with van der Waals surface area (Å²) < 4.78 is 4.98. The molecule has 0 aliphatic carbocycles. The van der Waals surface area contributed by atoms with Crippen LogP contribution in [0.3, 0.4) is 0 Å². The first-order valence-electron chi connectivity index (χ1n) is 5.63. The Morgan fingerprint density at radius 3 is 2.68 bits per heavy atom. The average Bonchev–Trinajstić information content (AvgIpc) is 2.27. The number of nitrogen functional groups attached to an aromatic ring is 1. The Morgan fingerprint density at radius 2 is 2.16 bits per heavy atom. The fraction of sp³-hybridized carbons (Fsp3) is 0.417. The summed E-state index contributed by atoms with van der Waals surface area (Å²) in [4.78, 5) is 22.2. The quantitative estimate of drug-likeness (QED) is 0.475. The summed E-state index contributed by atoms with van der Waals surface area (Å²) >= 11 is 0. The van der Waals surface area contributed by atoms with Crippen LogP contribution in [0.1, 0.15) is 24.2 Å². The molecule has 0 fully saturated rings. The van der Waals surface area contributed by atoms with Gasteiger partial charge in [0.25, 0.3) is 11.6 Å². The Kier molecular flexibility index (Phi) is 4.44. The largest absolute Gasteiger partial charge is 0.393 e. The van der Waals surface area contributed by atoms with Gasteiger partial charge in [0.1, 0.15) is 5.69 Å². The highest BCUT2D eigenvalue weighted by molar-refractivity contribution is 6.01. The van der Waals surface area contributed by atoms with E-state index < -0.39 is 16.4 Å². The molecule has 0 bridgehead atoms. The Bertz CT molecular complexity index is 500. The van der Waals surface area contributed by atoms with Crippen molar-refractivity contribution in [1.29, 1.82) is 0 Å². The number of hydrogen-bond acceptors (Lipinski definition) is 5. The van der Waals surface area contributed by atoms with Crippen molar-refractivity contribution in [2.75, 3.05) is 19.5 Å². The van der Waals surface area contributed by atoms with E-state index >= 15 is 0 Å². The number of nitro benzene ring substituents is 1. The van der Waals surface area contributed by atoms with E-state index in [0.29, 0.717) is 6.61 Å². The number of anilines is 1. The van der Waals surface area contributed by atoms with Crippen LogP contribution in [0.15, 0.2) is 18.2 Å². The number of rotatable bonds is 5. The van der Waals surface area contributed by atoms with Gasteiger partial charge in [0.2, 0.25) is 0 Å². The lowest BCUT2D eigenvalue weighted by Crippen LogP contribution is -2.46. The summed E-state index contributed by atoms with van der Waals surface area (Å²) in [6, 6.07) is 4.12. The van der Waals surface area contributed by atoms with Crippen molar-refractivity contribution in [2.45, 2.75) is 19.4 Å². The lowest BCUT2D eigenvalue weighted by atomic mass is 10.0. The van der Waals surface area contributed by atoms with Crippen molar-refractivity contribution >= 4 is 17.3 Å². The van der Waals surface area contributed by atoms with Gasteiger partial charge in [-0.25, -0.2) is 0 Å². The van der Waals surface area contributed by atoms with Crippen LogP contribution in [0.25, 0.3) is 0 Å². The van der Waals surface area contributed by atoms with Gasteiger partial charge < -0.3 is 15.8 Å². The zero-order chi connectivity index (χ0) is 14.6. The molecular formula is C12H17N3O4. The summed E-state index contributed by atoms with van der Waals surface area (Å²) in [5, 5.41) is 13.5. The van der Waals surface area contributed by atoms with Crippen molar-refractivity contribution in [3.8, 4) is 0 Å². The molecule has 0 heterocycles. The number of benzene rings is 1. The van der Waals surface area contributed by atoms with Crippen LogP contribution in [-0.4, -0.2) is 30.1 Å². The molecule has 7 nitrogen and oxygen atoms in total. The zero-order valence-electron chi connectivity index (χ0n) is 11.1. The molecule has 0 saturated carbocycles. The van der Waals surface area contributed by atoms with Gasteiger partial charge in [-0.3, -0.25) is 14.9 Å². The van der Waals surface area contributed by atoms with E-state index in [9.17, 15) is 14.9 Å². The van der Waals surface area contributed by atoms with E-state index in [-0.39, 0.29) is 16.9 Å². The number of methoxy groups -OCH3 is 1. The number of para-hydroxylation sites is 1. The first kappa shape index (κ1) is 14.9. The maximum Gasteiger partial charge on any atom is 0.292 e. The summed E-state index contributed by atoms with van der Waals surface area (Å²) in [6.07, 6.45) is 0. The minimum Gasteiger partial charge on any atom is -0.393 e. The Balaban J connectivity index is 3.01. The molecule has 0 spiro atoms. The fourth-order valence-electron chi connectivity index (χ4n) is 1.68. The molecule has 0 radical (unpaired) electrons. The van der Waals surface area contributed by atoms with Crippen molar-refractivity contribution in [3.63, 3.8) is 0 Å². The van der Waals surface area contributed by atoms with Crippen LogP contribution in [0.4, 0.5) is 11.4 Å². The summed E-state index contributed by atoms with van der Waals surface area (Å²) in [5.74, 6) is -0.469. The molecule has 3 N–H and O–H groups in total. The number of nitrogens with zero attached hydrogens (tertiary/aromatic N) is 1. The maximum absolute atomic E-state index is 12.1. The Labute approximate surface area is 110 Å². The smallest absolute Gasteiger partial charge is 0.292 e. The maximum atomic E-state index is 12.1. The first-order chi connectivity index (χ1) is 8.78. The second kappa shape index (κ2) is 5.66. The van der Waals surface area contributed by atoms with Crippen LogP contribution in [0.5, 0.6) is 0 Å². The predicted molar refractivity (Wildman–Crippen MR) is 70.9 cm³/mol. The molecule has 1 aromatic carbocycles. The number of carbonyl (C=O) groups excluding carboxylic acids is 1. The van der Waals surface area contributed by atoms with E-state index in [1.807, 2.05) is 0 Å². The fourth-order valence-corrected chi connectivity index (χ4v) is 1.68. The van der Waals surface area contributed by atoms with Gasteiger partial charge in [-0.15, -0.1) is 0 Å². The third kappa shape index (κ3) is 3.65. The Morgan fingerprint density at radius 1 is 1.53 bits per heavy atom. The number of hydrogen-bond donors (Lipinski definition) is 2. The summed E-state index contributed by atoms with van der Waals surface area (Å²) in [6.45, 7) is 3.87. The highest BCUT2D eigenvalue weighted by atomic mass is 16.6. The molecule has 104 valence electrons. The zero-order valence-corrected chi connectivity index (χ0v) is 11.1. The van der Waals surface area contributed by atoms with Crippen molar-refractivity contribution in [3.05, 3.63) is 33.9 Å². The van der Waals surface area contributed by atoms with Crippen molar-refractivity contribution in [2.24, 2.45) is 0 Å². The molecule has 7 heteroatoms. The van der Waals surface area contributed by atoms with Gasteiger partial charge in [-0.05, 0) is 19.9 Å². The van der Waals surface area contributed by atoms with E-state index in [2.05, 4.69) is 5.32 Å². The van der Waals surface area contributed by atoms with Crippen LogP contribution in [0, 0.1) is 10.1 Å². The van der Waals surface area contributed by atoms with Crippen molar-refractivity contribution in [1.82, 2.24) is 5.32 Å². The molecule has 0 unspecified atom stereocenters. The normalized spacial score (nSPS) is 11.1. The minimum absolute atomic E-state index is 0.0818. The number of amides is 1. The molecular weight excluding hydrogens is 250 g/mol. The highest BCUT2D eigenvalue weighted by Gasteiger charge is 2.24. The van der Waals surface area contributed by atoms with Crippen LogP contribution >= 0.6 is 0 Å². The molecule has 0 saturated heterocycles. The molecule has 0 aliphatic heterocycles. The van der Waals surface area contributed by atoms with Gasteiger partial charge in [-0.1, -0.05) is 6.07 Å². The third-order valence-corrected chi connectivity index (χ3v) is 2.48. The van der Waals surface area contributed by atoms with Crippen LogP contribution in [0.2, 0.25) is 0 Å². The lowest BCUT2D eigenvalue weighted by Gasteiger charge is -2.25. The number of nitrogens with one attached hydrogen (secondary N) is 1. The standard InChI is InChI=1S/C12H17N3O4/c1-12(2,7-19-3)14-11(16)8-5-4-6-9(10(8)13)15(17)18/h4-6H,7,13H2,1-3H3,(H,14,16). The predicted octanol–water partition coefficient (Wildman–Crippen LogP) is 1.33. The van der Waals surface area contributed by atoms with Gasteiger partial charge in [0.05, 0.1) is 22.6 Å². The molecule has 0 aliphatic rings. The highest BCUT2D eigenvalue weighted by Crippen LogP contribution is 2.25. The second-order valence-corrected chi connectivity index (χ2v) is 4.77. The Hall–Kier alpha value is -2.15. The average molecular weight is 267 g/mol. The first-order valence-corrected chi connectivity index (χ1v) is 5.63. The molecule has 0 aromatic heterocycles.